The zero-order valence-electron chi connectivity index (χ0n) is 19.3. The number of likely N-dealkylation sites (tertiary alicyclic amines) is 1. The molecule has 0 N–H and O–H groups in total. The number of anilines is 1. The molecule has 0 spiro atoms. The molecule has 0 amide bonds. The summed E-state index contributed by atoms with van der Waals surface area (Å²) in [7, 11) is 0. The minimum Gasteiger partial charge on any atom is -0.369 e. The van der Waals surface area contributed by atoms with E-state index in [4.69, 9.17) is 0 Å². The number of hydrogen-bond donors (Lipinski definition) is 0. The fraction of sp³-hybridized carbons (Fsp3) is 0.625. The molecule has 0 radical (unpaired) electrons. The lowest BCUT2D eigenvalue weighted by molar-refractivity contribution is -0.137. The van der Waals surface area contributed by atoms with Gasteiger partial charge in [0.2, 0.25) is 0 Å². The van der Waals surface area contributed by atoms with Crippen molar-refractivity contribution in [2.45, 2.75) is 58.9 Å². The highest BCUT2D eigenvalue weighted by atomic mass is 19.4. The lowest BCUT2D eigenvalue weighted by Crippen LogP contribution is -2.55. The van der Waals surface area contributed by atoms with Gasteiger partial charge >= 0.3 is 6.18 Å². The number of benzene rings is 1. The number of halogens is 3. The van der Waals surface area contributed by atoms with Crippen molar-refractivity contribution in [3.63, 3.8) is 0 Å². The molecule has 2 aromatic rings. The summed E-state index contributed by atoms with van der Waals surface area (Å²) in [4.78, 5) is 7.16. The molecule has 8 heteroatoms. The number of piperazine rings is 1. The number of aromatic nitrogens is 2. The average Bonchev–Trinajstić information content (AvgIpc) is 3.06. The van der Waals surface area contributed by atoms with Gasteiger partial charge in [0, 0.05) is 68.8 Å². The third kappa shape index (κ3) is 4.96. The van der Waals surface area contributed by atoms with Crippen LogP contribution < -0.4 is 4.90 Å². The molecule has 176 valence electrons. The summed E-state index contributed by atoms with van der Waals surface area (Å²) in [6, 6.07) is 6.22. The van der Waals surface area contributed by atoms with E-state index in [0.29, 0.717) is 11.7 Å². The third-order valence-electron chi connectivity index (χ3n) is 7.06. The van der Waals surface area contributed by atoms with Crippen molar-refractivity contribution in [2.24, 2.45) is 0 Å². The predicted molar refractivity (Wildman–Crippen MR) is 121 cm³/mol. The summed E-state index contributed by atoms with van der Waals surface area (Å²) in [5.41, 5.74) is 3.84. The minimum atomic E-state index is -4.30. The Kier molecular flexibility index (Phi) is 6.81. The maximum atomic E-state index is 13.1. The Hall–Kier alpha value is -2.06. The van der Waals surface area contributed by atoms with E-state index < -0.39 is 11.7 Å². The van der Waals surface area contributed by atoms with Crippen molar-refractivity contribution in [1.29, 1.82) is 0 Å². The van der Waals surface area contributed by atoms with Crippen LogP contribution in [0.15, 0.2) is 24.3 Å². The van der Waals surface area contributed by atoms with Gasteiger partial charge < -0.3 is 4.90 Å². The van der Waals surface area contributed by atoms with E-state index in [9.17, 15) is 13.2 Å². The zero-order chi connectivity index (χ0) is 22.9. The van der Waals surface area contributed by atoms with Crippen LogP contribution in [0.2, 0.25) is 0 Å². The maximum absolute atomic E-state index is 13.1. The van der Waals surface area contributed by atoms with Crippen molar-refractivity contribution < 1.29 is 13.2 Å². The second-order valence-electron chi connectivity index (χ2n) is 9.07. The molecule has 1 atom stereocenters. The van der Waals surface area contributed by atoms with E-state index >= 15 is 0 Å². The van der Waals surface area contributed by atoms with Gasteiger partial charge in [-0.05, 0) is 58.4 Å². The number of hydrogen-bond acceptors (Lipinski definition) is 4. The number of rotatable bonds is 5. The largest absolute Gasteiger partial charge is 0.416 e. The van der Waals surface area contributed by atoms with Gasteiger partial charge in [-0.2, -0.15) is 18.3 Å². The number of piperidine rings is 1. The van der Waals surface area contributed by atoms with Gasteiger partial charge in [-0.15, -0.1) is 0 Å². The molecule has 0 aliphatic carbocycles. The van der Waals surface area contributed by atoms with E-state index in [1.54, 1.807) is 6.07 Å². The van der Waals surface area contributed by atoms with Crippen LogP contribution in [0.1, 0.15) is 42.3 Å². The fourth-order valence-electron chi connectivity index (χ4n) is 5.19. The molecule has 1 aromatic carbocycles. The van der Waals surface area contributed by atoms with Crippen LogP contribution in [0, 0.1) is 13.8 Å². The van der Waals surface area contributed by atoms with E-state index in [2.05, 4.69) is 45.3 Å². The Bertz CT molecular complexity index is 915. The van der Waals surface area contributed by atoms with Gasteiger partial charge in [-0.1, -0.05) is 6.07 Å². The summed E-state index contributed by atoms with van der Waals surface area (Å²) in [5, 5.41) is 4.67. The molecule has 1 aromatic heterocycles. The summed E-state index contributed by atoms with van der Waals surface area (Å²) < 4.78 is 41.3. The van der Waals surface area contributed by atoms with E-state index in [0.717, 1.165) is 64.1 Å². The smallest absolute Gasteiger partial charge is 0.369 e. The molecular weight excluding hydrogens is 415 g/mol. The molecule has 2 fully saturated rings. The Balaban J connectivity index is 1.34. The maximum Gasteiger partial charge on any atom is 0.416 e. The second kappa shape index (κ2) is 9.43. The molecule has 32 heavy (non-hydrogen) atoms. The fourth-order valence-corrected chi connectivity index (χ4v) is 5.19. The lowest BCUT2D eigenvalue weighted by Gasteiger charge is -2.44. The monoisotopic (exact) mass is 449 g/mol. The first-order valence-corrected chi connectivity index (χ1v) is 11.7. The van der Waals surface area contributed by atoms with Crippen LogP contribution in [-0.4, -0.2) is 64.9 Å². The highest BCUT2D eigenvalue weighted by Crippen LogP contribution is 2.32. The number of nitrogens with zero attached hydrogens (tertiary/aromatic N) is 5. The average molecular weight is 450 g/mol. The predicted octanol–water partition coefficient (Wildman–Crippen LogP) is 4.33. The van der Waals surface area contributed by atoms with Gasteiger partial charge in [-0.3, -0.25) is 14.5 Å². The van der Waals surface area contributed by atoms with Crippen LogP contribution in [0.5, 0.6) is 0 Å². The van der Waals surface area contributed by atoms with Crippen molar-refractivity contribution in [3.8, 4) is 0 Å². The van der Waals surface area contributed by atoms with Gasteiger partial charge in [0.05, 0.1) is 11.3 Å². The molecule has 3 heterocycles. The van der Waals surface area contributed by atoms with Gasteiger partial charge in [0.1, 0.15) is 0 Å². The number of alkyl halides is 3. The highest BCUT2D eigenvalue weighted by Gasteiger charge is 2.32. The Morgan fingerprint density at radius 3 is 2.47 bits per heavy atom. The molecule has 0 unspecified atom stereocenters. The first-order valence-electron chi connectivity index (χ1n) is 11.7. The summed E-state index contributed by atoms with van der Waals surface area (Å²) in [5.74, 6) is 0. The molecule has 5 nitrogen and oxygen atoms in total. The van der Waals surface area contributed by atoms with Crippen molar-refractivity contribution >= 4 is 5.69 Å². The molecule has 2 aliphatic heterocycles. The highest BCUT2D eigenvalue weighted by molar-refractivity contribution is 5.49. The Morgan fingerprint density at radius 1 is 1.06 bits per heavy atom. The standard InChI is InChI=1S/C24H34F3N5/c1-4-32-19(3)23(18(2)28-32)17-29-10-6-9-22(16-29)31-13-11-30(12-14-31)21-8-5-7-20(15-21)24(25,26)27/h5,7-8,15,22H,4,6,9-14,16-17H2,1-3H3/t22-/m1/s1. The van der Waals surface area contributed by atoms with Crippen LogP contribution in [0.4, 0.5) is 18.9 Å². The lowest BCUT2D eigenvalue weighted by atomic mass is 10.0. The molecule has 0 bridgehead atoms. The Labute approximate surface area is 188 Å². The molecule has 2 saturated heterocycles. The first kappa shape index (κ1) is 23.1. The van der Waals surface area contributed by atoms with E-state index in [-0.39, 0.29) is 0 Å². The van der Waals surface area contributed by atoms with Gasteiger partial charge in [0.25, 0.3) is 0 Å². The van der Waals surface area contributed by atoms with Gasteiger partial charge in [-0.25, -0.2) is 0 Å². The van der Waals surface area contributed by atoms with Crippen LogP contribution in [0.3, 0.4) is 0 Å². The quantitative estimate of drug-likeness (QED) is 0.679. The molecule has 0 saturated carbocycles. The van der Waals surface area contributed by atoms with E-state index in [1.807, 2.05) is 0 Å². The van der Waals surface area contributed by atoms with Crippen LogP contribution >= 0.6 is 0 Å². The summed E-state index contributed by atoms with van der Waals surface area (Å²) >= 11 is 0. The number of aryl methyl sites for hydroxylation is 2. The normalized spacial score (nSPS) is 21.3. The van der Waals surface area contributed by atoms with Crippen molar-refractivity contribution in [1.82, 2.24) is 19.6 Å². The second-order valence-corrected chi connectivity index (χ2v) is 9.07. The van der Waals surface area contributed by atoms with Crippen molar-refractivity contribution in [3.05, 3.63) is 46.8 Å². The minimum absolute atomic E-state index is 0.509. The van der Waals surface area contributed by atoms with Crippen molar-refractivity contribution in [2.75, 3.05) is 44.2 Å². The first-order chi connectivity index (χ1) is 15.3. The topological polar surface area (TPSA) is 27.5 Å². The van der Waals surface area contributed by atoms with Crippen LogP contribution in [-0.2, 0) is 19.3 Å². The van der Waals surface area contributed by atoms with Crippen LogP contribution in [0.25, 0.3) is 0 Å². The summed E-state index contributed by atoms with van der Waals surface area (Å²) in [6.07, 6.45) is -1.93. The summed E-state index contributed by atoms with van der Waals surface area (Å²) in [6.45, 7) is 13.7. The zero-order valence-corrected chi connectivity index (χ0v) is 19.3. The molecule has 2 aliphatic rings. The molecule has 4 rings (SSSR count). The molecular formula is C24H34F3N5. The SMILES string of the molecule is CCn1nc(C)c(CN2CCC[C@@H](N3CCN(c4cccc(C(F)(F)F)c4)CC3)C2)c1C. The van der Waals surface area contributed by atoms with E-state index in [1.165, 1.54) is 36.2 Å². The Morgan fingerprint density at radius 2 is 1.81 bits per heavy atom. The van der Waals surface area contributed by atoms with Gasteiger partial charge in [0.15, 0.2) is 0 Å². The third-order valence-corrected chi connectivity index (χ3v) is 7.06.